The number of benzene rings is 3. The van der Waals surface area contributed by atoms with Crippen LogP contribution in [0.15, 0.2) is 72.8 Å². The number of carboxylic acid groups (broad SMARTS) is 1. The molecular weight excluding hydrogens is 405 g/mol. The first-order valence-electron chi connectivity index (χ1n) is 9.97. The van der Waals surface area contributed by atoms with Crippen LogP contribution in [0.1, 0.15) is 36.0 Å². The average molecular weight is 426 g/mol. The Morgan fingerprint density at radius 2 is 1.61 bits per heavy atom. The van der Waals surface area contributed by atoms with Gasteiger partial charge in [-0.05, 0) is 65.4 Å². The minimum Gasteiger partial charge on any atom is -0.489 e. The highest BCUT2D eigenvalue weighted by Crippen LogP contribution is 2.51. The molecule has 0 amide bonds. The van der Waals surface area contributed by atoms with Crippen LogP contribution in [0.3, 0.4) is 0 Å². The summed E-state index contributed by atoms with van der Waals surface area (Å²) in [7, 11) is 0. The number of rotatable bonds is 7. The summed E-state index contributed by atoms with van der Waals surface area (Å²) in [6.45, 7) is 0.314. The van der Waals surface area contributed by atoms with Gasteiger partial charge in [0.15, 0.2) is 0 Å². The van der Waals surface area contributed by atoms with Crippen molar-refractivity contribution in [1.29, 1.82) is 0 Å². The zero-order chi connectivity index (χ0) is 22.1. The van der Waals surface area contributed by atoms with Gasteiger partial charge in [-0.2, -0.15) is 13.2 Å². The molecule has 0 atom stereocenters. The van der Waals surface area contributed by atoms with E-state index in [4.69, 9.17) is 9.84 Å². The lowest BCUT2D eigenvalue weighted by Crippen LogP contribution is -2.12. The van der Waals surface area contributed by atoms with Crippen LogP contribution in [0.2, 0.25) is 0 Å². The van der Waals surface area contributed by atoms with E-state index in [0.717, 1.165) is 41.7 Å². The molecular formula is C25H21F3O3. The Bertz CT molecular complexity index is 1070. The van der Waals surface area contributed by atoms with Crippen LogP contribution >= 0.6 is 0 Å². The molecule has 0 radical (unpaired) electrons. The van der Waals surface area contributed by atoms with Crippen molar-refractivity contribution in [2.75, 3.05) is 0 Å². The quantitative estimate of drug-likeness (QED) is 0.472. The van der Waals surface area contributed by atoms with E-state index in [1.807, 2.05) is 48.5 Å². The van der Waals surface area contributed by atoms with Crippen molar-refractivity contribution in [3.8, 4) is 16.9 Å². The van der Waals surface area contributed by atoms with E-state index >= 15 is 0 Å². The van der Waals surface area contributed by atoms with Crippen LogP contribution in [0.5, 0.6) is 5.75 Å². The lowest BCUT2D eigenvalue weighted by molar-refractivity contribution is -0.138. The number of hydrogen-bond donors (Lipinski definition) is 1. The molecule has 0 aromatic heterocycles. The van der Waals surface area contributed by atoms with Gasteiger partial charge < -0.3 is 9.84 Å². The summed E-state index contributed by atoms with van der Waals surface area (Å²) < 4.78 is 44.1. The monoisotopic (exact) mass is 426 g/mol. The summed E-state index contributed by atoms with van der Waals surface area (Å²) in [5.41, 5.74) is 2.52. The maximum atomic E-state index is 12.8. The number of alkyl halides is 3. The number of ether oxygens (including phenoxy) is 1. The van der Waals surface area contributed by atoms with E-state index in [9.17, 15) is 18.0 Å². The fourth-order valence-electron chi connectivity index (χ4n) is 3.77. The molecule has 0 unspecified atom stereocenters. The van der Waals surface area contributed by atoms with E-state index in [2.05, 4.69) is 0 Å². The standard InChI is InChI=1S/C25H21F3O3/c26-25(27,28)21-6-4-18(5-7-21)19-3-1-2-17(14-19)16-31-22-10-8-20(9-11-22)24(12-13-24)15-23(29)30/h1-11,14H,12-13,15-16H2,(H,29,30). The Balaban J connectivity index is 1.41. The van der Waals surface area contributed by atoms with Crippen molar-refractivity contribution in [1.82, 2.24) is 0 Å². The molecule has 31 heavy (non-hydrogen) atoms. The third-order valence-corrected chi connectivity index (χ3v) is 5.69. The summed E-state index contributed by atoms with van der Waals surface area (Å²) >= 11 is 0. The fraction of sp³-hybridized carbons (Fsp3) is 0.240. The first kappa shape index (κ1) is 21.0. The molecule has 1 N–H and O–H groups in total. The molecule has 0 saturated heterocycles. The van der Waals surface area contributed by atoms with Crippen molar-refractivity contribution in [3.63, 3.8) is 0 Å². The van der Waals surface area contributed by atoms with E-state index in [-0.39, 0.29) is 11.8 Å². The Hall–Kier alpha value is -3.28. The minimum absolute atomic E-state index is 0.143. The van der Waals surface area contributed by atoms with Gasteiger partial charge >= 0.3 is 12.1 Å². The topological polar surface area (TPSA) is 46.5 Å². The summed E-state index contributed by atoms with van der Waals surface area (Å²) in [5.74, 6) is -0.111. The molecule has 1 aliphatic carbocycles. The van der Waals surface area contributed by atoms with Gasteiger partial charge in [0.05, 0.1) is 12.0 Å². The Labute approximate surface area is 178 Å². The highest BCUT2D eigenvalue weighted by Gasteiger charge is 2.45. The van der Waals surface area contributed by atoms with Gasteiger partial charge in [0.2, 0.25) is 0 Å². The molecule has 3 nitrogen and oxygen atoms in total. The molecule has 0 spiro atoms. The molecule has 0 heterocycles. The minimum atomic E-state index is -4.35. The Morgan fingerprint density at radius 3 is 2.19 bits per heavy atom. The molecule has 160 valence electrons. The van der Waals surface area contributed by atoms with E-state index in [1.165, 1.54) is 12.1 Å². The lowest BCUT2D eigenvalue weighted by atomic mass is 9.92. The van der Waals surface area contributed by atoms with Crippen LogP contribution in [0, 0.1) is 0 Å². The van der Waals surface area contributed by atoms with E-state index in [1.54, 1.807) is 0 Å². The number of carboxylic acids is 1. The van der Waals surface area contributed by atoms with E-state index in [0.29, 0.717) is 17.9 Å². The van der Waals surface area contributed by atoms with Crippen LogP contribution in [0.25, 0.3) is 11.1 Å². The molecule has 1 saturated carbocycles. The van der Waals surface area contributed by atoms with Crippen molar-refractivity contribution >= 4 is 5.97 Å². The first-order chi connectivity index (χ1) is 14.7. The largest absolute Gasteiger partial charge is 0.489 e. The fourth-order valence-corrected chi connectivity index (χ4v) is 3.77. The second-order valence-corrected chi connectivity index (χ2v) is 7.94. The zero-order valence-corrected chi connectivity index (χ0v) is 16.7. The normalized spacial score (nSPS) is 14.8. The Kier molecular flexibility index (Phi) is 5.48. The predicted molar refractivity (Wildman–Crippen MR) is 111 cm³/mol. The van der Waals surface area contributed by atoms with Crippen molar-refractivity contribution < 1.29 is 27.8 Å². The predicted octanol–water partition coefficient (Wildman–Crippen LogP) is 6.46. The lowest BCUT2D eigenvalue weighted by Gasteiger charge is -2.14. The smallest absolute Gasteiger partial charge is 0.416 e. The van der Waals surface area contributed by atoms with Crippen LogP contribution in [-0.2, 0) is 23.0 Å². The maximum Gasteiger partial charge on any atom is 0.416 e. The van der Waals surface area contributed by atoms with Gasteiger partial charge in [0.1, 0.15) is 12.4 Å². The van der Waals surface area contributed by atoms with Gasteiger partial charge in [0, 0.05) is 5.41 Å². The molecule has 0 bridgehead atoms. The molecule has 6 heteroatoms. The number of carbonyl (C=O) groups is 1. The van der Waals surface area contributed by atoms with Crippen molar-refractivity contribution in [2.24, 2.45) is 0 Å². The molecule has 4 rings (SSSR count). The highest BCUT2D eigenvalue weighted by molar-refractivity contribution is 5.70. The third-order valence-electron chi connectivity index (χ3n) is 5.69. The molecule has 3 aromatic carbocycles. The molecule has 0 aliphatic heterocycles. The number of aliphatic carboxylic acids is 1. The second-order valence-electron chi connectivity index (χ2n) is 7.94. The average Bonchev–Trinajstić information content (AvgIpc) is 3.52. The van der Waals surface area contributed by atoms with Gasteiger partial charge in [-0.3, -0.25) is 4.79 Å². The van der Waals surface area contributed by atoms with Crippen molar-refractivity contribution in [3.05, 3.63) is 89.5 Å². The summed E-state index contributed by atoms with van der Waals surface area (Å²) in [5, 5.41) is 9.09. The van der Waals surface area contributed by atoms with Gasteiger partial charge in [-0.25, -0.2) is 0 Å². The van der Waals surface area contributed by atoms with Crippen LogP contribution < -0.4 is 4.74 Å². The number of hydrogen-bond acceptors (Lipinski definition) is 2. The molecule has 1 aliphatic rings. The maximum absolute atomic E-state index is 12.8. The molecule has 1 fully saturated rings. The van der Waals surface area contributed by atoms with Crippen LogP contribution in [-0.4, -0.2) is 11.1 Å². The highest BCUT2D eigenvalue weighted by atomic mass is 19.4. The van der Waals surface area contributed by atoms with Crippen LogP contribution in [0.4, 0.5) is 13.2 Å². The summed E-state index contributed by atoms with van der Waals surface area (Å²) in [6.07, 6.45) is -2.44. The van der Waals surface area contributed by atoms with Crippen molar-refractivity contribution in [2.45, 2.75) is 37.5 Å². The first-order valence-corrected chi connectivity index (χ1v) is 9.97. The molecule has 3 aromatic rings. The summed E-state index contributed by atoms with van der Waals surface area (Å²) in [6, 6.07) is 20.1. The third kappa shape index (κ3) is 4.90. The second kappa shape index (κ2) is 8.10. The van der Waals surface area contributed by atoms with E-state index < -0.39 is 17.7 Å². The van der Waals surface area contributed by atoms with Gasteiger partial charge in [-0.15, -0.1) is 0 Å². The zero-order valence-electron chi connectivity index (χ0n) is 16.7. The van der Waals surface area contributed by atoms with Gasteiger partial charge in [0.25, 0.3) is 0 Å². The number of halogens is 3. The SMILES string of the molecule is O=C(O)CC1(c2ccc(OCc3cccc(-c4ccc(C(F)(F)F)cc4)c3)cc2)CC1. The summed E-state index contributed by atoms with van der Waals surface area (Å²) in [4.78, 5) is 11.1. The Morgan fingerprint density at radius 1 is 0.935 bits per heavy atom. The van der Waals surface area contributed by atoms with Gasteiger partial charge in [-0.1, -0.05) is 42.5 Å².